The lowest BCUT2D eigenvalue weighted by atomic mass is 10.1. The lowest BCUT2D eigenvalue weighted by Crippen LogP contribution is -2.39. The maximum absolute atomic E-state index is 13.0. The number of ether oxygens (including phenoxy) is 1. The zero-order valence-corrected chi connectivity index (χ0v) is 16.7. The molecule has 0 spiro atoms. The Balaban J connectivity index is 1.55. The number of carbonyl (C=O) groups is 2. The minimum absolute atomic E-state index is 0.0790. The summed E-state index contributed by atoms with van der Waals surface area (Å²) < 4.78 is 35.2. The summed E-state index contributed by atoms with van der Waals surface area (Å²) in [6.07, 6.45) is -2.87. The van der Waals surface area contributed by atoms with Gasteiger partial charge in [-0.1, -0.05) is 24.3 Å². The third-order valence-electron chi connectivity index (χ3n) is 5.00. The average molecular weight is 428 g/mol. The molecule has 3 aromatic rings. The zero-order valence-electron chi connectivity index (χ0n) is 16.7. The highest BCUT2D eigenvalue weighted by Crippen LogP contribution is 2.30. The van der Waals surface area contributed by atoms with Gasteiger partial charge in [0.15, 0.2) is 0 Å². The molecule has 10 heteroatoms. The van der Waals surface area contributed by atoms with Crippen LogP contribution >= 0.6 is 0 Å². The number of halogens is 2. The van der Waals surface area contributed by atoms with Gasteiger partial charge in [-0.3, -0.25) is 9.80 Å². The average Bonchev–Trinajstić information content (AvgIpc) is 3.39. The topological polar surface area (TPSA) is 88.8 Å². The van der Waals surface area contributed by atoms with E-state index < -0.39 is 18.3 Å². The van der Waals surface area contributed by atoms with Gasteiger partial charge in [0.1, 0.15) is 0 Å². The molecular weight excluding hydrogens is 410 g/mol. The molecule has 2 aromatic carbocycles. The predicted molar refractivity (Wildman–Crippen MR) is 104 cm³/mol. The minimum atomic E-state index is -2.87. The van der Waals surface area contributed by atoms with Gasteiger partial charge >= 0.3 is 12.4 Å². The van der Waals surface area contributed by atoms with Gasteiger partial charge in [0, 0.05) is 24.7 Å². The van der Waals surface area contributed by atoms with Crippen LogP contribution in [0.5, 0.6) is 0 Å². The van der Waals surface area contributed by atoms with Crippen molar-refractivity contribution in [2.75, 3.05) is 14.2 Å². The summed E-state index contributed by atoms with van der Waals surface area (Å²) >= 11 is 0. The first-order valence-corrected chi connectivity index (χ1v) is 9.33. The monoisotopic (exact) mass is 428 g/mol. The number of hydrogen-bond donors (Lipinski definition) is 0. The van der Waals surface area contributed by atoms with Crippen LogP contribution in [-0.2, 0) is 17.8 Å². The summed E-state index contributed by atoms with van der Waals surface area (Å²) in [5.41, 5.74) is 2.71. The Kier molecular flexibility index (Phi) is 5.47. The van der Waals surface area contributed by atoms with E-state index in [1.165, 1.54) is 7.11 Å². The van der Waals surface area contributed by atoms with Crippen LogP contribution in [0, 0.1) is 0 Å². The second-order valence-electron chi connectivity index (χ2n) is 6.95. The molecule has 0 N–H and O–H groups in total. The third-order valence-corrected chi connectivity index (χ3v) is 5.00. The molecule has 8 nitrogen and oxygen atoms in total. The van der Waals surface area contributed by atoms with Crippen molar-refractivity contribution in [1.29, 1.82) is 0 Å². The molecular formula is C21H18F2N4O4. The fraction of sp³-hybridized carbons (Fsp3) is 0.238. The highest BCUT2D eigenvalue weighted by molar-refractivity contribution is 5.99. The van der Waals surface area contributed by atoms with E-state index in [0.717, 1.165) is 5.56 Å². The third kappa shape index (κ3) is 3.89. The first-order chi connectivity index (χ1) is 14.9. The van der Waals surface area contributed by atoms with E-state index >= 15 is 0 Å². The summed E-state index contributed by atoms with van der Waals surface area (Å²) in [6.45, 7) is 0.636. The van der Waals surface area contributed by atoms with Crippen LogP contribution < -0.4 is 0 Å². The molecule has 0 fully saturated rings. The van der Waals surface area contributed by atoms with E-state index in [1.807, 2.05) is 0 Å². The molecule has 1 aliphatic rings. The van der Waals surface area contributed by atoms with E-state index in [-0.39, 0.29) is 11.8 Å². The summed E-state index contributed by atoms with van der Waals surface area (Å²) in [5, 5.41) is 10.2. The van der Waals surface area contributed by atoms with Crippen LogP contribution in [0.15, 0.2) is 46.9 Å². The number of aromatic nitrogens is 2. The van der Waals surface area contributed by atoms with E-state index in [0.29, 0.717) is 35.3 Å². The van der Waals surface area contributed by atoms with Gasteiger partial charge in [0.25, 0.3) is 11.8 Å². The van der Waals surface area contributed by atoms with Crippen molar-refractivity contribution in [2.24, 2.45) is 0 Å². The second-order valence-corrected chi connectivity index (χ2v) is 6.95. The lowest BCUT2D eigenvalue weighted by molar-refractivity contribution is 0.00254. The van der Waals surface area contributed by atoms with Crippen molar-refractivity contribution in [1.82, 2.24) is 20.2 Å². The molecule has 0 unspecified atom stereocenters. The molecule has 0 atom stereocenters. The van der Waals surface area contributed by atoms with Gasteiger partial charge in [-0.05, 0) is 29.3 Å². The smallest absolute Gasteiger partial charge is 0.338 e. The van der Waals surface area contributed by atoms with Crippen LogP contribution in [0.2, 0.25) is 0 Å². The Morgan fingerprint density at radius 2 is 2.03 bits per heavy atom. The first-order valence-electron chi connectivity index (χ1n) is 9.33. The van der Waals surface area contributed by atoms with Gasteiger partial charge in [0.2, 0.25) is 5.89 Å². The van der Waals surface area contributed by atoms with Crippen LogP contribution in [0.25, 0.3) is 11.5 Å². The number of rotatable bonds is 6. The number of methoxy groups -OCH3 is 1. The molecule has 0 radical (unpaired) electrons. The molecule has 0 saturated carbocycles. The highest BCUT2D eigenvalue weighted by Gasteiger charge is 2.31. The Morgan fingerprint density at radius 3 is 2.74 bits per heavy atom. The number of nitrogens with zero attached hydrogens (tertiary/aromatic N) is 4. The van der Waals surface area contributed by atoms with Crippen molar-refractivity contribution in [2.45, 2.75) is 19.5 Å². The molecule has 2 heterocycles. The van der Waals surface area contributed by atoms with E-state index in [9.17, 15) is 18.4 Å². The fourth-order valence-electron chi connectivity index (χ4n) is 3.43. The number of fused-ring (bicyclic) bond motifs is 1. The van der Waals surface area contributed by atoms with Gasteiger partial charge in [0.05, 0.1) is 19.2 Å². The second kappa shape index (κ2) is 8.23. The summed E-state index contributed by atoms with van der Waals surface area (Å²) in [7, 11) is 3.06. The zero-order chi connectivity index (χ0) is 22.1. The maximum Gasteiger partial charge on any atom is 0.338 e. The number of alkyl halides is 2. The lowest BCUT2D eigenvalue weighted by Gasteiger charge is -2.28. The number of carbonyl (C=O) groups excluding carboxylic acids is 2. The fourth-order valence-corrected chi connectivity index (χ4v) is 3.43. The van der Waals surface area contributed by atoms with E-state index in [1.54, 1.807) is 59.5 Å². The summed E-state index contributed by atoms with van der Waals surface area (Å²) in [6, 6.07) is 11.9. The van der Waals surface area contributed by atoms with Crippen LogP contribution in [0.3, 0.4) is 0 Å². The highest BCUT2D eigenvalue weighted by atomic mass is 19.3. The van der Waals surface area contributed by atoms with Gasteiger partial charge in [-0.2, -0.15) is 8.78 Å². The van der Waals surface area contributed by atoms with Crippen molar-refractivity contribution in [3.63, 3.8) is 0 Å². The van der Waals surface area contributed by atoms with Crippen LogP contribution in [0.1, 0.15) is 44.2 Å². The summed E-state index contributed by atoms with van der Waals surface area (Å²) in [4.78, 5) is 25.0. The predicted octanol–water partition coefficient (Wildman–Crippen LogP) is 3.46. The molecule has 0 bridgehead atoms. The molecule has 1 amide bonds. The number of amides is 1. The quantitative estimate of drug-likeness (QED) is 0.556. The molecule has 1 aliphatic heterocycles. The van der Waals surface area contributed by atoms with Crippen LogP contribution in [0.4, 0.5) is 8.78 Å². The Labute approximate surface area is 176 Å². The number of hydrogen-bond acceptors (Lipinski definition) is 7. The van der Waals surface area contributed by atoms with Crippen LogP contribution in [-0.4, -0.2) is 46.2 Å². The maximum atomic E-state index is 13.0. The molecule has 0 aliphatic carbocycles. The van der Waals surface area contributed by atoms with Gasteiger partial charge in [-0.15, -0.1) is 10.2 Å². The Bertz CT molecular complexity index is 1150. The number of benzene rings is 2. The molecule has 4 rings (SSSR count). The van der Waals surface area contributed by atoms with Crippen molar-refractivity contribution < 1.29 is 27.5 Å². The van der Waals surface area contributed by atoms with Crippen molar-refractivity contribution in [3.05, 3.63) is 70.6 Å². The van der Waals surface area contributed by atoms with Gasteiger partial charge in [-0.25, -0.2) is 9.80 Å². The normalized spacial score (nSPS) is 13.2. The largest absolute Gasteiger partial charge is 0.465 e. The molecule has 1 aromatic heterocycles. The first kappa shape index (κ1) is 20.6. The van der Waals surface area contributed by atoms with E-state index in [2.05, 4.69) is 10.2 Å². The molecule has 160 valence electrons. The van der Waals surface area contributed by atoms with Gasteiger partial charge < -0.3 is 9.15 Å². The Morgan fingerprint density at radius 1 is 1.26 bits per heavy atom. The SMILES string of the molecule is COC(=O)c1ccccc1CN(C)N1Cc2ccc(-c3nnc(C(F)F)o3)cc2C1=O. The number of hydrazine groups is 1. The Hall–Kier alpha value is -3.66. The number of esters is 1. The van der Waals surface area contributed by atoms with Crippen molar-refractivity contribution >= 4 is 11.9 Å². The van der Waals surface area contributed by atoms with Crippen molar-refractivity contribution in [3.8, 4) is 11.5 Å². The standard InChI is InChI=1S/C21H18F2N4O4/c1-26(10-13-5-3-4-6-15(13)21(29)30-2)27-11-14-8-7-12(9-16(14)20(27)28)18-24-25-19(31-18)17(22)23/h3-9,17H,10-11H2,1-2H3. The van der Waals surface area contributed by atoms with E-state index in [4.69, 9.17) is 9.15 Å². The minimum Gasteiger partial charge on any atom is -0.465 e. The molecule has 0 saturated heterocycles. The summed E-state index contributed by atoms with van der Waals surface area (Å²) in [5.74, 6) is -1.56. The molecule has 31 heavy (non-hydrogen) atoms.